The van der Waals surface area contributed by atoms with Crippen molar-refractivity contribution in [2.24, 2.45) is 0 Å². The van der Waals surface area contributed by atoms with Crippen molar-refractivity contribution in [3.05, 3.63) is 39.1 Å². The Labute approximate surface area is 112 Å². The zero-order chi connectivity index (χ0) is 11.8. The second kappa shape index (κ2) is 4.79. The highest BCUT2D eigenvalue weighted by Gasteiger charge is 2.11. The topological polar surface area (TPSA) is 89.6 Å². The quantitative estimate of drug-likeness (QED) is 0.740. The molecule has 3 rings (SSSR count). The smallest absolute Gasteiger partial charge is 0.283 e. The Morgan fingerprint density at radius 3 is 3.06 bits per heavy atom. The highest BCUT2D eigenvalue weighted by Crippen LogP contribution is 2.12. The fraction of sp³-hybridized carbons (Fsp3) is 0.100. The second-order valence-electron chi connectivity index (χ2n) is 3.54. The molecule has 0 atom stereocenters. The number of nitrogens with one attached hydrogen (secondary N) is 1. The van der Waals surface area contributed by atoms with Crippen molar-refractivity contribution in [2.75, 3.05) is 5.73 Å². The van der Waals surface area contributed by atoms with E-state index < -0.39 is 0 Å². The van der Waals surface area contributed by atoms with Crippen LogP contribution in [0.3, 0.4) is 0 Å². The maximum atomic E-state index is 12.1. The number of thiophene rings is 1. The zero-order valence-corrected chi connectivity index (χ0v) is 10.8. The molecule has 0 aliphatic heterocycles. The third kappa shape index (κ3) is 1.98. The fourth-order valence-electron chi connectivity index (χ4n) is 1.65. The zero-order valence-electron chi connectivity index (χ0n) is 9.16. The monoisotopic (exact) mass is 283 g/mol. The SMILES string of the molecule is Cl.Nc1nc2[nH]cnc2c(=O)n1Cc1cccs1. The van der Waals surface area contributed by atoms with Crippen LogP contribution in [-0.2, 0) is 6.54 Å². The molecule has 0 spiro atoms. The van der Waals surface area contributed by atoms with Gasteiger partial charge in [0.1, 0.15) is 0 Å². The van der Waals surface area contributed by atoms with Crippen LogP contribution in [0.4, 0.5) is 5.95 Å². The lowest BCUT2D eigenvalue weighted by molar-refractivity contribution is 0.772. The van der Waals surface area contributed by atoms with Gasteiger partial charge in [-0.2, -0.15) is 4.98 Å². The first-order chi connectivity index (χ1) is 8.25. The molecule has 0 aliphatic carbocycles. The Kier molecular flexibility index (Phi) is 3.35. The maximum absolute atomic E-state index is 12.1. The fourth-order valence-corrected chi connectivity index (χ4v) is 2.34. The Bertz CT molecular complexity index is 718. The van der Waals surface area contributed by atoms with Crippen LogP contribution in [0.1, 0.15) is 4.88 Å². The van der Waals surface area contributed by atoms with Gasteiger partial charge in [-0.3, -0.25) is 9.36 Å². The normalized spacial score (nSPS) is 10.4. The van der Waals surface area contributed by atoms with Crippen LogP contribution >= 0.6 is 23.7 Å². The molecule has 3 aromatic rings. The third-order valence-electron chi connectivity index (χ3n) is 2.46. The highest BCUT2D eigenvalue weighted by molar-refractivity contribution is 7.09. The number of halogens is 1. The Morgan fingerprint density at radius 1 is 1.50 bits per heavy atom. The summed E-state index contributed by atoms with van der Waals surface area (Å²) < 4.78 is 1.43. The molecular weight excluding hydrogens is 274 g/mol. The Balaban J connectivity index is 0.00000120. The largest absolute Gasteiger partial charge is 0.369 e. The van der Waals surface area contributed by atoms with Crippen molar-refractivity contribution in [3.63, 3.8) is 0 Å². The third-order valence-corrected chi connectivity index (χ3v) is 3.33. The number of aromatic nitrogens is 4. The van der Waals surface area contributed by atoms with Crippen molar-refractivity contribution in [1.29, 1.82) is 0 Å². The summed E-state index contributed by atoms with van der Waals surface area (Å²) in [5.74, 6) is 0.195. The van der Waals surface area contributed by atoms with Gasteiger partial charge in [-0.25, -0.2) is 4.98 Å². The number of anilines is 1. The van der Waals surface area contributed by atoms with E-state index in [9.17, 15) is 4.79 Å². The van der Waals surface area contributed by atoms with E-state index >= 15 is 0 Å². The van der Waals surface area contributed by atoms with E-state index in [0.717, 1.165) is 4.88 Å². The van der Waals surface area contributed by atoms with Gasteiger partial charge in [0.2, 0.25) is 5.95 Å². The molecule has 0 saturated heterocycles. The molecule has 0 aliphatic rings. The molecule has 0 bridgehead atoms. The first kappa shape index (κ1) is 12.6. The molecule has 0 unspecified atom stereocenters. The minimum Gasteiger partial charge on any atom is -0.369 e. The molecule has 0 radical (unpaired) electrons. The van der Waals surface area contributed by atoms with Crippen molar-refractivity contribution in [1.82, 2.24) is 19.5 Å². The maximum Gasteiger partial charge on any atom is 0.283 e. The number of nitrogens with zero attached hydrogens (tertiary/aromatic N) is 3. The van der Waals surface area contributed by atoms with Crippen LogP contribution in [0.5, 0.6) is 0 Å². The molecule has 0 saturated carbocycles. The molecule has 8 heteroatoms. The number of nitrogens with two attached hydrogens (primary N) is 1. The standard InChI is InChI=1S/C10H9N5OS.ClH/c11-10-14-8-7(12-5-13-8)9(16)15(10)4-6-2-1-3-17-6;/h1-3,5H,4H2,(H2,11,14)(H,12,13);1H. The summed E-state index contributed by atoms with van der Waals surface area (Å²) in [7, 11) is 0. The van der Waals surface area contributed by atoms with Gasteiger partial charge in [0, 0.05) is 4.88 Å². The Morgan fingerprint density at radius 2 is 2.33 bits per heavy atom. The molecule has 6 nitrogen and oxygen atoms in total. The average molecular weight is 284 g/mol. The molecule has 0 fully saturated rings. The van der Waals surface area contributed by atoms with E-state index in [1.54, 1.807) is 11.3 Å². The van der Waals surface area contributed by atoms with Crippen LogP contribution in [0.15, 0.2) is 28.6 Å². The lowest BCUT2D eigenvalue weighted by Crippen LogP contribution is -2.24. The predicted octanol–water partition coefficient (Wildman–Crippen LogP) is 1.23. The van der Waals surface area contributed by atoms with Crippen LogP contribution in [0.2, 0.25) is 0 Å². The Hall–Kier alpha value is -1.86. The van der Waals surface area contributed by atoms with Crippen molar-refractivity contribution >= 4 is 40.9 Å². The van der Waals surface area contributed by atoms with Crippen LogP contribution in [0, 0.1) is 0 Å². The number of H-pyrrole nitrogens is 1. The van der Waals surface area contributed by atoms with E-state index in [1.165, 1.54) is 10.9 Å². The molecule has 3 heterocycles. The lowest BCUT2D eigenvalue weighted by Gasteiger charge is -2.06. The van der Waals surface area contributed by atoms with Gasteiger partial charge in [-0.05, 0) is 11.4 Å². The summed E-state index contributed by atoms with van der Waals surface area (Å²) >= 11 is 1.57. The van der Waals surface area contributed by atoms with Crippen molar-refractivity contribution < 1.29 is 0 Å². The van der Waals surface area contributed by atoms with Crippen LogP contribution in [-0.4, -0.2) is 19.5 Å². The van der Waals surface area contributed by atoms with Gasteiger partial charge < -0.3 is 10.7 Å². The summed E-state index contributed by atoms with van der Waals surface area (Å²) in [5.41, 5.74) is 6.29. The molecule has 0 amide bonds. The number of nitrogen functional groups attached to an aromatic ring is 1. The molecule has 3 N–H and O–H groups in total. The van der Waals surface area contributed by atoms with Crippen molar-refractivity contribution in [3.8, 4) is 0 Å². The van der Waals surface area contributed by atoms with Gasteiger partial charge in [-0.1, -0.05) is 6.07 Å². The van der Waals surface area contributed by atoms with E-state index in [2.05, 4.69) is 15.0 Å². The molecule has 3 aromatic heterocycles. The van der Waals surface area contributed by atoms with Crippen molar-refractivity contribution in [2.45, 2.75) is 6.54 Å². The number of fused-ring (bicyclic) bond motifs is 1. The average Bonchev–Trinajstić information content (AvgIpc) is 2.94. The van der Waals surface area contributed by atoms with Gasteiger partial charge in [-0.15, -0.1) is 23.7 Å². The number of aromatic amines is 1. The minimum absolute atomic E-state index is 0. The summed E-state index contributed by atoms with van der Waals surface area (Å²) in [6, 6.07) is 3.88. The molecule has 18 heavy (non-hydrogen) atoms. The van der Waals surface area contributed by atoms with Gasteiger partial charge in [0.25, 0.3) is 5.56 Å². The highest BCUT2D eigenvalue weighted by atomic mass is 35.5. The van der Waals surface area contributed by atoms with Crippen LogP contribution in [0.25, 0.3) is 11.2 Å². The summed E-state index contributed by atoms with van der Waals surface area (Å²) in [6.07, 6.45) is 1.44. The van der Waals surface area contributed by atoms with E-state index in [0.29, 0.717) is 17.7 Å². The minimum atomic E-state index is -0.220. The number of rotatable bonds is 2. The molecule has 94 valence electrons. The van der Waals surface area contributed by atoms with Gasteiger partial charge >= 0.3 is 0 Å². The van der Waals surface area contributed by atoms with Crippen LogP contribution < -0.4 is 11.3 Å². The number of hydrogen-bond donors (Lipinski definition) is 2. The first-order valence-electron chi connectivity index (χ1n) is 4.97. The summed E-state index contributed by atoms with van der Waals surface area (Å²) in [5, 5.41) is 1.96. The first-order valence-corrected chi connectivity index (χ1v) is 5.85. The van der Waals surface area contributed by atoms with Gasteiger partial charge in [0.15, 0.2) is 11.2 Å². The molecule has 0 aromatic carbocycles. The second-order valence-corrected chi connectivity index (χ2v) is 4.57. The summed E-state index contributed by atoms with van der Waals surface area (Å²) in [6.45, 7) is 0.429. The van der Waals surface area contributed by atoms with Gasteiger partial charge in [0.05, 0.1) is 12.9 Å². The van der Waals surface area contributed by atoms with E-state index in [-0.39, 0.29) is 23.9 Å². The molecular formula is C10H10ClN5OS. The van der Waals surface area contributed by atoms with E-state index in [1.807, 2.05) is 17.5 Å². The lowest BCUT2D eigenvalue weighted by atomic mass is 10.4. The predicted molar refractivity (Wildman–Crippen MR) is 73.2 cm³/mol. The number of imidazole rings is 1. The summed E-state index contributed by atoms with van der Waals surface area (Å²) in [4.78, 5) is 24.0. The number of hydrogen-bond acceptors (Lipinski definition) is 5. The van der Waals surface area contributed by atoms with E-state index in [4.69, 9.17) is 5.73 Å².